The number of alkyl halides is 1. The molecular formula is C9H9BrN4O3. The van der Waals surface area contributed by atoms with Crippen molar-refractivity contribution in [3.63, 3.8) is 0 Å². The molecule has 1 fully saturated rings. The van der Waals surface area contributed by atoms with Gasteiger partial charge in [-0.3, -0.25) is 19.8 Å². The molecule has 1 aromatic rings. The third kappa shape index (κ3) is 2.41. The fourth-order valence-electron chi connectivity index (χ4n) is 1.63. The van der Waals surface area contributed by atoms with Gasteiger partial charge in [0.2, 0.25) is 11.9 Å². The minimum absolute atomic E-state index is 0.0525. The molecular weight excluding hydrogens is 292 g/mol. The molecule has 90 valence electrons. The number of nitro groups is 1. The summed E-state index contributed by atoms with van der Waals surface area (Å²) < 4.78 is 0. The molecule has 0 aromatic carbocycles. The SMILES string of the molecule is O=C1CC(CBr)CN1c1ncc([N+](=O)[O-])cn1. The maximum absolute atomic E-state index is 11.7. The molecule has 2 rings (SSSR count). The fraction of sp³-hybridized carbons (Fsp3) is 0.444. The molecule has 0 radical (unpaired) electrons. The van der Waals surface area contributed by atoms with Gasteiger partial charge in [0.25, 0.3) is 0 Å². The molecule has 0 aliphatic carbocycles. The van der Waals surface area contributed by atoms with E-state index in [0.29, 0.717) is 13.0 Å². The Hall–Kier alpha value is -1.57. The number of hydrogen-bond acceptors (Lipinski definition) is 5. The van der Waals surface area contributed by atoms with Crippen molar-refractivity contribution in [3.8, 4) is 0 Å². The lowest BCUT2D eigenvalue weighted by atomic mass is 10.2. The molecule has 1 aromatic heterocycles. The van der Waals surface area contributed by atoms with Crippen LogP contribution in [0.2, 0.25) is 0 Å². The summed E-state index contributed by atoms with van der Waals surface area (Å²) in [6.45, 7) is 0.544. The minimum Gasteiger partial charge on any atom is -0.280 e. The van der Waals surface area contributed by atoms with Gasteiger partial charge in [-0.2, -0.15) is 0 Å². The predicted molar refractivity (Wildman–Crippen MR) is 62.9 cm³/mol. The van der Waals surface area contributed by atoms with Gasteiger partial charge in [-0.25, -0.2) is 9.97 Å². The lowest BCUT2D eigenvalue weighted by Crippen LogP contribution is -2.26. The Kier molecular flexibility index (Phi) is 3.32. The summed E-state index contributed by atoms with van der Waals surface area (Å²) in [4.78, 5) is 30.6. The Morgan fingerprint density at radius 2 is 2.18 bits per heavy atom. The van der Waals surface area contributed by atoms with Gasteiger partial charge < -0.3 is 0 Å². The van der Waals surface area contributed by atoms with Crippen LogP contribution >= 0.6 is 15.9 Å². The van der Waals surface area contributed by atoms with Crippen LogP contribution in [0.3, 0.4) is 0 Å². The van der Waals surface area contributed by atoms with Gasteiger partial charge in [0.1, 0.15) is 12.4 Å². The second kappa shape index (κ2) is 4.74. The zero-order valence-electron chi connectivity index (χ0n) is 8.74. The number of amides is 1. The first kappa shape index (κ1) is 11.9. The van der Waals surface area contributed by atoms with Crippen LogP contribution in [0.15, 0.2) is 12.4 Å². The van der Waals surface area contributed by atoms with Gasteiger partial charge in [-0.05, 0) is 5.92 Å². The van der Waals surface area contributed by atoms with Gasteiger partial charge in [-0.15, -0.1) is 0 Å². The van der Waals surface area contributed by atoms with Gasteiger partial charge in [0.15, 0.2) is 0 Å². The van der Waals surface area contributed by atoms with Crippen LogP contribution in [0, 0.1) is 16.0 Å². The molecule has 1 aliphatic rings. The van der Waals surface area contributed by atoms with E-state index >= 15 is 0 Å². The number of halogens is 1. The zero-order valence-corrected chi connectivity index (χ0v) is 10.3. The first-order chi connectivity index (χ1) is 8.11. The fourth-order valence-corrected chi connectivity index (χ4v) is 2.06. The van der Waals surface area contributed by atoms with Crippen molar-refractivity contribution in [1.82, 2.24) is 9.97 Å². The number of nitrogens with zero attached hydrogens (tertiary/aromatic N) is 4. The van der Waals surface area contributed by atoms with Crippen LogP contribution in [-0.2, 0) is 4.79 Å². The highest BCUT2D eigenvalue weighted by molar-refractivity contribution is 9.09. The quantitative estimate of drug-likeness (QED) is 0.474. The second-order valence-electron chi connectivity index (χ2n) is 3.73. The van der Waals surface area contributed by atoms with Crippen LogP contribution < -0.4 is 4.90 Å². The van der Waals surface area contributed by atoms with E-state index in [9.17, 15) is 14.9 Å². The second-order valence-corrected chi connectivity index (χ2v) is 4.37. The summed E-state index contributed by atoms with van der Waals surface area (Å²) in [5.41, 5.74) is -0.183. The molecule has 1 unspecified atom stereocenters. The number of carbonyl (C=O) groups excluding carboxylic acids is 1. The molecule has 8 heteroatoms. The van der Waals surface area contributed by atoms with E-state index in [1.807, 2.05) is 0 Å². The summed E-state index contributed by atoms with van der Waals surface area (Å²) >= 11 is 3.33. The number of aromatic nitrogens is 2. The lowest BCUT2D eigenvalue weighted by molar-refractivity contribution is -0.385. The first-order valence-corrected chi connectivity index (χ1v) is 6.06. The molecule has 1 saturated heterocycles. The van der Waals surface area contributed by atoms with E-state index in [-0.39, 0.29) is 23.5 Å². The van der Waals surface area contributed by atoms with E-state index in [0.717, 1.165) is 17.7 Å². The van der Waals surface area contributed by atoms with E-state index in [1.54, 1.807) is 0 Å². The molecule has 0 N–H and O–H groups in total. The highest BCUT2D eigenvalue weighted by Crippen LogP contribution is 2.23. The Morgan fingerprint density at radius 3 is 2.65 bits per heavy atom. The predicted octanol–water partition coefficient (Wildman–Crippen LogP) is 1.13. The Labute approximate surface area is 105 Å². The molecule has 0 saturated carbocycles. The third-order valence-corrected chi connectivity index (χ3v) is 3.42. The van der Waals surface area contributed by atoms with Crippen molar-refractivity contribution in [3.05, 3.63) is 22.5 Å². The van der Waals surface area contributed by atoms with Crippen LogP contribution in [0.5, 0.6) is 0 Å². The summed E-state index contributed by atoms with van der Waals surface area (Å²) in [6.07, 6.45) is 2.67. The highest BCUT2D eigenvalue weighted by Gasteiger charge is 2.31. The van der Waals surface area contributed by atoms with Crippen molar-refractivity contribution in [2.75, 3.05) is 16.8 Å². The van der Waals surface area contributed by atoms with E-state index in [1.165, 1.54) is 4.90 Å². The molecule has 1 aliphatic heterocycles. The van der Waals surface area contributed by atoms with Gasteiger partial charge in [-0.1, -0.05) is 15.9 Å². The van der Waals surface area contributed by atoms with Crippen LogP contribution in [0.25, 0.3) is 0 Å². The Morgan fingerprint density at radius 1 is 1.53 bits per heavy atom. The average Bonchev–Trinajstić information content (AvgIpc) is 2.71. The molecule has 0 bridgehead atoms. The highest BCUT2D eigenvalue weighted by atomic mass is 79.9. The summed E-state index contributed by atoms with van der Waals surface area (Å²) in [5, 5.41) is 11.2. The van der Waals surface area contributed by atoms with Gasteiger partial charge >= 0.3 is 5.69 Å². The normalized spacial score (nSPS) is 19.7. The summed E-state index contributed by atoms with van der Waals surface area (Å²) in [7, 11) is 0. The molecule has 1 amide bonds. The Balaban J connectivity index is 2.18. The third-order valence-electron chi connectivity index (χ3n) is 2.50. The molecule has 2 heterocycles. The largest absolute Gasteiger partial charge is 0.305 e. The van der Waals surface area contributed by atoms with Crippen LogP contribution in [-0.4, -0.2) is 32.7 Å². The number of rotatable bonds is 3. The van der Waals surface area contributed by atoms with Gasteiger partial charge in [0.05, 0.1) is 4.92 Å². The maximum Gasteiger partial charge on any atom is 0.305 e. The van der Waals surface area contributed by atoms with Crippen molar-refractivity contribution < 1.29 is 9.72 Å². The van der Waals surface area contributed by atoms with Crippen LogP contribution in [0.1, 0.15) is 6.42 Å². The molecule has 1 atom stereocenters. The topological polar surface area (TPSA) is 89.2 Å². The first-order valence-electron chi connectivity index (χ1n) is 4.94. The van der Waals surface area contributed by atoms with Crippen molar-refractivity contribution in [1.29, 1.82) is 0 Å². The summed E-state index contributed by atoms with van der Waals surface area (Å²) in [6, 6.07) is 0. The number of carbonyl (C=O) groups is 1. The van der Waals surface area contributed by atoms with Crippen molar-refractivity contribution in [2.45, 2.75) is 6.42 Å². The molecule has 7 nitrogen and oxygen atoms in total. The van der Waals surface area contributed by atoms with Crippen LogP contribution in [0.4, 0.5) is 11.6 Å². The lowest BCUT2D eigenvalue weighted by Gasteiger charge is -2.12. The Bertz CT molecular complexity index is 450. The monoisotopic (exact) mass is 300 g/mol. The van der Waals surface area contributed by atoms with E-state index in [2.05, 4.69) is 25.9 Å². The molecule has 0 spiro atoms. The van der Waals surface area contributed by atoms with E-state index in [4.69, 9.17) is 0 Å². The smallest absolute Gasteiger partial charge is 0.280 e. The van der Waals surface area contributed by atoms with Crippen molar-refractivity contribution in [2.24, 2.45) is 5.92 Å². The molecule has 17 heavy (non-hydrogen) atoms. The standard InChI is InChI=1S/C9H9BrN4O3/c10-2-6-1-8(15)13(5-6)9-11-3-7(4-12-9)14(16)17/h3-4,6H,1-2,5H2. The van der Waals surface area contributed by atoms with Gasteiger partial charge in [0, 0.05) is 18.3 Å². The van der Waals surface area contributed by atoms with E-state index < -0.39 is 4.92 Å². The summed E-state index contributed by atoms with van der Waals surface area (Å²) in [5.74, 6) is 0.411. The average molecular weight is 301 g/mol. The maximum atomic E-state index is 11.7. The zero-order chi connectivity index (χ0) is 12.4. The number of hydrogen-bond donors (Lipinski definition) is 0. The van der Waals surface area contributed by atoms with Crippen molar-refractivity contribution >= 4 is 33.5 Å². The number of anilines is 1. The minimum atomic E-state index is -0.573.